The first-order valence-corrected chi connectivity index (χ1v) is 5.61. The summed E-state index contributed by atoms with van der Waals surface area (Å²) in [5, 5.41) is 3.35. The first-order chi connectivity index (χ1) is 9.77. The van der Waals surface area contributed by atoms with Gasteiger partial charge in [0.2, 0.25) is 0 Å². The molecule has 21 heavy (non-hydrogen) atoms. The highest BCUT2D eigenvalue weighted by Crippen LogP contribution is 2.29. The number of carbonyl (C=O) groups is 1. The topological polar surface area (TPSA) is 92.1 Å². The van der Waals surface area contributed by atoms with Crippen molar-refractivity contribution in [3.63, 3.8) is 0 Å². The molecular formula is C11H9F3N4O3. The van der Waals surface area contributed by atoms with Crippen molar-refractivity contribution < 1.29 is 22.5 Å². The van der Waals surface area contributed by atoms with Gasteiger partial charge in [-0.3, -0.25) is 19.3 Å². The number of carbonyl (C=O) groups excluding carboxylic acids is 1. The molecule has 0 radical (unpaired) electrons. The lowest BCUT2D eigenvalue weighted by Gasteiger charge is -2.15. The zero-order valence-electron chi connectivity index (χ0n) is 10.6. The van der Waals surface area contributed by atoms with E-state index in [1.165, 1.54) is 7.05 Å². The minimum absolute atomic E-state index is 0.0721. The fourth-order valence-corrected chi connectivity index (χ4v) is 1.54. The van der Waals surface area contributed by atoms with Gasteiger partial charge in [0.25, 0.3) is 5.91 Å². The number of H-pyrrole nitrogens is 1. The molecule has 2 aromatic heterocycles. The standard InChI is InChI=1S/C11H9F3N4O3/c1-18(5-8-16-10(20)21-17-8)9(19)7-4-6(2-3-15-7)11(12,13)14/h2-4H,5H2,1H3,(H,16,17,20). The maximum atomic E-state index is 12.6. The summed E-state index contributed by atoms with van der Waals surface area (Å²) in [6.07, 6.45) is -3.66. The lowest BCUT2D eigenvalue weighted by Crippen LogP contribution is -2.28. The third-order valence-corrected chi connectivity index (χ3v) is 2.53. The molecule has 2 aromatic rings. The average molecular weight is 302 g/mol. The van der Waals surface area contributed by atoms with E-state index in [0.29, 0.717) is 6.07 Å². The highest BCUT2D eigenvalue weighted by atomic mass is 19.4. The van der Waals surface area contributed by atoms with Crippen LogP contribution in [0.5, 0.6) is 0 Å². The molecular weight excluding hydrogens is 293 g/mol. The van der Waals surface area contributed by atoms with Crippen LogP contribution in [0.3, 0.4) is 0 Å². The normalized spacial score (nSPS) is 11.4. The predicted molar refractivity (Wildman–Crippen MR) is 62.2 cm³/mol. The lowest BCUT2D eigenvalue weighted by molar-refractivity contribution is -0.137. The number of pyridine rings is 1. The monoisotopic (exact) mass is 302 g/mol. The van der Waals surface area contributed by atoms with Gasteiger partial charge in [0.15, 0.2) is 5.82 Å². The van der Waals surface area contributed by atoms with Crippen LogP contribution in [0.2, 0.25) is 0 Å². The van der Waals surface area contributed by atoms with E-state index in [9.17, 15) is 22.8 Å². The van der Waals surface area contributed by atoms with Gasteiger partial charge in [-0.15, -0.1) is 0 Å². The molecule has 0 saturated carbocycles. The number of alkyl halides is 3. The second-order valence-electron chi connectivity index (χ2n) is 4.13. The summed E-state index contributed by atoms with van der Waals surface area (Å²) in [6.45, 7) is -0.136. The van der Waals surface area contributed by atoms with Crippen LogP contribution in [-0.2, 0) is 12.7 Å². The van der Waals surface area contributed by atoms with Crippen LogP contribution in [0.1, 0.15) is 21.9 Å². The number of aromatic nitrogens is 3. The first-order valence-electron chi connectivity index (χ1n) is 5.61. The fraction of sp³-hybridized carbons (Fsp3) is 0.273. The first kappa shape index (κ1) is 14.8. The van der Waals surface area contributed by atoms with Crippen molar-refractivity contribution in [1.82, 2.24) is 20.0 Å². The third-order valence-electron chi connectivity index (χ3n) is 2.53. The Bertz CT molecular complexity index is 707. The summed E-state index contributed by atoms with van der Waals surface area (Å²) in [5.74, 6) is -1.46. The summed E-state index contributed by atoms with van der Waals surface area (Å²) in [7, 11) is 1.33. The number of nitrogens with one attached hydrogen (secondary N) is 1. The van der Waals surface area contributed by atoms with Gasteiger partial charge in [0.05, 0.1) is 12.1 Å². The number of halogens is 3. The Morgan fingerprint density at radius 3 is 2.76 bits per heavy atom. The summed E-state index contributed by atoms with van der Waals surface area (Å²) < 4.78 is 42.0. The molecule has 2 rings (SSSR count). The van der Waals surface area contributed by atoms with Crippen LogP contribution in [0, 0.1) is 0 Å². The molecule has 0 bridgehead atoms. The molecule has 112 valence electrons. The van der Waals surface area contributed by atoms with E-state index < -0.39 is 23.4 Å². The van der Waals surface area contributed by atoms with Gasteiger partial charge in [-0.2, -0.15) is 13.2 Å². The number of hydrogen-bond acceptors (Lipinski definition) is 5. The summed E-state index contributed by atoms with van der Waals surface area (Å²) in [4.78, 5) is 29.6. The van der Waals surface area contributed by atoms with Gasteiger partial charge >= 0.3 is 11.9 Å². The van der Waals surface area contributed by atoms with Crippen LogP contribution >= 0.6 is 0 Å². The summed E-state index contributed by atoms with van der Waals surface area (Å²) >= 11 is 0. The molecule has 7 nitrogen and oxygen atoms in total. The smallest absolute Gasteiger partial charge is 0.333 e. The second kappa shape index (κ2) is 5.38. The molecule has 0 aromatic carbocycles. The number of hydrogen-bond donors (Lipinski definition) is 1. The molecule has 1 amide bonds. The molecule has 0 spiro atoms. The third kappa shape index (κ3) is 3.46. The maximum absolute atomic E-state index is 12.6. The molecule has 1 N–H and O–H groups in total. The van der Waals surface area contributed by atoms with Crippen LogP contribution < -0.4 is 5.76 Å². The minimum atomic E-state index is -4.56. The van der Waals surface area contributed by atoms with Crippen LogP contribution in [0.15, 0.2) is 27.6 Å². The Balaban J connectivity index is 2.17. The molecule has 2 heterocycles. The fourth-order valence-electron chi connectivity index (χ4n) is 1.54. The van der Waals surface area contributed by atoms with E-state index in [1.54, 1.807) is 0 Å². The average Bonchev–Trinajstić information content (AvgIpc) is 2.82. The van der Waals surface area contributed by atoms with E-state index in [2.05, 4.69) is 19.6 Å². The maximum Gasteiger partial charge on any atom is 0.438 e. The molecule has 0 fully saturated rings. The summed E-state index contributed by atoms with van der Waals surface area (Å²) in [6, 6.07) is 1.43. The minimum Gasteiger partial charge on any atom is -0.333 e. The van der Waals surface area contributed by atoms with Crippen molar-refractivity contribution in [2.45, 2.75) is 12.7 Å². The molecule has 0 aliphatic rings. The number of nitrogens with zero attached hydrogens (tertiary/aromatic N) is 3. The molecule has 0 unspecified atom stereocenters. The summed E-state index contributed by atoms with van der Waals surface area (Å²) in [5.41, 5.74) is -1.33. The Morgan fingerprint density at radius 2 is 2.19 bits per heavy atom. The number of aromatic amines is 1. The van der Waals surface area contributed by atoms with Crippen molar-refractivity contribution in [3.05, 3.63) is 46.0 Å². The van der Waals surface area contributed by atoms with Crippen molar-refractivity contribution in [3.8, 4) is 0 Å². The highest BCUT2D eigenvalue weighted by Gasteiger charge is 2.31. The van der Waals surface area contributed by atoms with E-state index in [4.69, 9.17) is 0 Å². The van der Waals surface area contributed by atoms with Crippen LogP contribution in [0.25, 0.3) is 0 Å². The van der Waals surface area contributed by atoms with Crippen LogP contribution in [-0.4, -0.2) is 33.0 Å². The predicted octanol–water partition coefficient (Wildman–Crippen LogP) is 1.05. The zero-order valence-corrected chi connectivity index (χ0v) is 10.6. The van der Waals surface area contributed by atoms with Gasteiger partial charge in [-0.05, 0) is 12.1 Å². The van der Waals surface area contributed by atoms with Gasteiger partial charge in [0.1, 0.15) is 5.69 Å². The molecule has 0 saturated heterocycles. The largest absolute Gasteiger partial charge is 0.438 e. The number of amides is 1. The van der Waals surface area contributed by atoms with E-state index in [0.717, 1.165) is 17.2 Å². The Morgan fingerprint density at radius 1 is 1.48 bits per heavy atom. The Kier molecular flexibility index (Phi) is 3.78. The van der Waals surface area contributed by atoms with E-state index in [1.807, 2.05) is 0 Å². The van der Waals surface area contributed by atoms with Gasteiger partial charge < -0.3 is 4.90 Å². The molecule has 0 aliphatic carbocycles. The van der Waals surface area contributed by atoms with Gasteiger partial charge in [-0.25, -0.2) is 4.79 Å². The molecule has 0 atom stereocenters. The quantitative estimate of drug-likeness (QED) is 0.915. The Labute approximate surface area is 115 Å². The SMILES string of the molecule is CN(Cc1noc(=O)[nH]1)C(=O)c1cc(C(F)(F)F)ccn1. The van der Waals surface area contributed by atoms with Crippen LogP contribution in [0.4, 0.5) is 13.2 Å². The van der Waals surface area contributed by atoms with Gasteiger partial charge in [-0.1, -0.05) is 5.16 Å². The van der Waals surface area contributed by atoms with E-state index >= 15 is 0 Å². The van der Waals surface area contributed by atoms with Crippen molar-refractivity contribution >= 4 is 5.91 Å². The lowest BCUT2D eigenvalue weighted by atomic mass is 10.2. The number of rotatable bonds is 3. The highest BCUT2D eigenvalue weighted by molar-refractivity contribution is 5.92. The van der Waals surface area contributed by atoms with Gasteiger partial charge in [0, 0.05) is 13.2 Å². The van der Waals surface area contributed by atoms with Crippen molar-refractivity contribution in [2.75, 3.05) is 7.05 Å². The Hall–Kier alpha value is -2.65. The second-order valence-corrected chi connectivity index (χ2v) is 4.13. The zero-order chi connectivity index (χ0) is 15.6. The van der Waals surface area contributed by atoms with Crippen molar-refractivity contribution in [2.24, 2.45) is 0 Å². The van der Waals surface area contributed by atoms with E-state index in [-0.39, 0.29) is 18.1 Å². The molecule has 0 aliphatic heterocycles. The van der Waals surface area contributed by atoms with Crippen molar-refractivity contribution in [1.29, 1.82) is 0 Å². The molecule has 10 heteroatoms.